The summed E-state index contributed by atoms with van der Waals surface area (Å²) in [6.45, 7) is 2.61. The van der Waals surface area contributed by atoms with Crippen molar-refractivity contribution in [3.8, 4) is 0 Å². The molecule has 0 bridgehead atoms. The Morgan fingerprint density at radius 1 is 1.05 bits per heavy atom. The van der Waals surface area contributed by atoms with Crippen LogP contribution in [0.1, 0.15) is 10.4 Å². The van der Waals surface area contributed by atoms with Crippen LogP contribution in [0.15, 0.2) is 36.7 Å². The number of rotatable bonds is 2. The van der Waals surface area contributed by atoms with Gasteiger partial charge in [-0.15, -0.1) is 0 Å². The maximum Gasteiger partial charge on any atom is 0.255 e. The third kappa shape index (κ3) is 3.15. The van der Waals surface area contributed by atoms with Gasteiger partial charge in [0.05, 0.1) is 10.6 Å². The fraction of sp³-hybridized carbons (Fsp3) is 0.267. The maximum absolute atomic E-state index is 12.5. The zero-order valence-corrected chi connectivity index (χ0v) is 13.3. The van der Waals surface area contributed by atoms with Crippen molar-refractivity contribution in [2.75, 3.05) is 31.1 Å². The Hall–Kier alpha value is -1.85. The van der Waals surface area contributed by atoms with Crippen LogP contribution in [-0.4, -0.2) is 47.0 Å². The predicted molar refractivity (Wildman–Crippen MR) is 86.6 cm³/mol. The number of nitrogens with zero attached hydrogens (tertiary/aromatic N) is 4. The number of carbonyl (C=O) groups is 1. The van der Waals surface area contributed by atoms with E-state index < -0.39 is 0 Å². The molecule has 0 spiro atoms. The van der Waals surface area contributed by atoms with Gasteiger partial charge in [0, 0.05) is 43.6 Å². The first-order chi connectivity index (χ1) is 10.6. The van der Waals surface area contributed by atoms with Crippen molar-refractivity contribution < 1.29 is 4.79 Å². The summed E-state index contributed by atoms with van der Waals surface area (Å²) in [7, 11) is 0. The van der Waals surface area contributed by atoms with Crippen LogP contribution in [0.3, 0.4) is 0 Å². The summed E-state index contributed by atoms with van der Waals surface area (Å²) < 4.78 is 0. The molecular formula is C15H14Cl2N4O. The lowest BCUT2D eigenvalue weighted by Crippen LogP contribution is -2.49. The fourth-order valence-electron chi connectivity index (χ4n) is 2.40. The Kier molecular flexibility index (Phi) is 4.45. The Morgan fingerprint density at radius 2 is 1.73 bits per heavy atom. The zero-order chi connectivity index (χ0) is 15.5. The van der Waals surface area contributed by atoms with Gasteiger partial charge in [0.2, 0.25) is 5.95 Å². The highest BCUT2D eigenvalue weighted by atomic mass is 35.5. The van der Waals surface area contributed by atoms with Gasteiger partial charge in [0.25, 0.3) is 5.91 Å². The van der Waals surface area contributed by atoms with E-state index in [0.717, 1.165) is 0 Å². The third-order valence-electron chi connectivity index (χ3n) is 3.56. The van der Waals surface area contributed by atoms with Crippen molar-refractivity contribution in [1.82, 2.24) is 14.9 Å². The van der Waals surface area contributed by atoms with Crippen LogP contribution in [0.5, 0.6) is 0 Å². The van der Waals surface area contributed by atoms with Gasteiger partial charge in [-0.05, 0) is 24.3 Å². The molecule has 2 aromatic rings. The Bertz CT molecular complexity index is 672. The summed E-state index contributed by atoms with van der Waals surface area (Å²) in [4.78, 5) is 24.8. The molecule has 22 heavy (non-hydrogen) atoms. The molecule has 1 saturated heterocycles. The van der Waals surface area contributed by atoms with Gasteiger partial charge in [-0.1, -0.05) is 23.2 Å². The first-order valence-corrected chi connectivity index (χ1v) is 7.67. The van der Waals surface area contributed by atoms with Crippen LogP contribution < -0.4 is 4.90 Å². The molecule has 7 heteroatoms. The molecule has 0 N–H and O–H groups in total. The molecule has 1 aliphatic heterocycles. The van der Waals surface area contributed by atoms with Gasteiger partial charge < -0.3 is 9.80 Å². The molecule has 1 fully saturated rings. The lowest BCUT2D eigenvalue weighted by molar-refractivity contribution is 0.0746. The zero-order valence-electron chi connectivity index (χ0n) is 11.7. The van der Waals surface area contributed by atoms with E-state index in [2.05, 4.69) is 14.9 Å². The summed E-state index contributed by atoms with van der Waals surface area (Å²) >= 11 is 12.0. The van der Waals surface area contributed by atoms with Crippen LogP contribution in [0, 0.1) is 0 Å². The fourth-order valence-corrected chi connectivity index (χ4v) is 2.89. The summed E-state index contributed by atoms with van der Waals surface area (Å²) in [6, 6.07) is 6.71. The number of anilines is 1. The van der Waals surface area contributed by atoms with E-state index in [-0.39, 0.29) is 5.91 Å². The lowest BCUT2D eigenvalue weighted by Gasteiger charge is -2.34. The molecule has 1 aromatic heterocycles. The lowest BCUT2D eigenvalue weighted by atomic mass is 10.2. The normalized spacial score (nSPS) is 15.0. The summed E-state index contributed by atoms with van der Waals surface area (Å²) in [5.41, 5.74) is 0.482. The van der Waals surface area contributed by atoms with Crippen LogP contribution in [0.4, 0.5) is 5.95 Å². The van der Waals surface area contributed by atoms with Crippen LogP contribution >= 0.6 is 23.2 Å². The minimum absolute atomic E-state index is 0.0738. The smallest absolute Gasteiger partial charge is 0.255 e. The summed E-state index contributed by atoms with van der Waals surface area (Å²) in [5.74, 6) is 0.620. The van der Waals surface area contributed by atoms with Gasteiger partial charge in [0.15, 0.2) is 0 Å². The molecule has 0 saturated carbocycles. The number of aromatic nitrogens is 2. The van der Waals surface area contributed by atoms with Crippen molar-refractivity contribution in [2.24, 2.45) is 0 Å². The molecule has 1 aliphatic rings. The van der Waals surface area contributed by atoms with Crippen molar-refractivity contribution in [2.45, 2.75) is 0 Å². The van der Waals surface area contributed by atoms with E-state index in [9.17, 15) is 4.79 Å². The van der Waals surface area contributed by atoms with E-state index in [1.807, 2.05) is 0 Å². The quantitative estimate of drug-likeness (QED) is 0.846. The van der Waals surface area contributed by atoms with E-state index in [1.54, 1.807) is 41.6 Å². The van der Waals surface area contributed by atoms with Gasteiger partial charge in [-0.25, -0.2) is 9.97 Å². The molecule has 0 atom stereocenters. The Balaban J connectivity index is 1.67. The molecule has 0 aliphatic carbocycles. The molecule has 114 valence electrons. The molecule has 1 amide bonds. The van der Waals surface area contributed by atoms with Gasteiger partial charge >= 0.3 is 0 Å². The van der Waals surface area contributed by atoms with Crippen LogP contribution in [0.25, 0.3) is 0 Å². The molecule has 3 rings (SSSR count). The number of benzene rings is 1. The van der Waals surface area contributed by atoms with Crippen molar-refractivity contribution >= 4 is 35.1 Å². The molecule has 0 unspecified atom stereocenters. The van der Waals surface area contributed by atoms with E-state index in [0.29, 0.717) is 47.7 Å². The minimum atomic E-state index is -0.0738. The topological polar surface area (TPSA) is 49.3 Å². The number of hydrogen-bond donors (Lipinski definition) is 0. The number of carbonyl (C=O) groups excluding carboxylic acids is 1. The molecule has 5 nitrogen and oxygen atoms in total. The van der Waals surface area contributed by atoms with Gasteiger partial charge in [-0.3, -0.25) is 4.79 Å². The molecular weight excluding hydrogens is 323 g/mol. The van der Waals surface area contributed by atoms with Gasteiger partial charge in [-0.2, -0.15) is 0 Å². The Labute approximate surface area is 138 Å². The maximum atomic E-state index is 12.5. The molecule has 2 heterocycles. The second-order valence-corrected chi connectivity index (χ2v) is 5.80. The monoisotopic (exact) mass is 336 g/mol. The standard InChI is InChI=1S/C15H14Cl2N4O/c16-11-2-3-12(13(17)10-11)14(22)20-6-8-21(9-7-20)15-18-4-1-5-19-15/h1-5,10H,6-9H2. The predicted octanol–water partition coefficient (Wildman–Crippen LogP) is 2.75. The summed E-state index contributed by atoms with van der Waals surface area (Å²) in [6.07, 6.45) is 3.43. The average molecular weight is 337 g/mol. The summed E-state index contributed by atoms with van der Waals surface area (Å²) in [5, 5.41) is 0.902. The number of halogens is 2. The number of piperazine rings is 1. The highest BCUT2D eigenvalue weighted by molar-refractivity contribution is 6.36. The van der Waals surface area contributed by atoms with Crippen LogP contribution in [0.2, 0.25) is 10.0 Å². The number of amides is 1. The highest BCUT2D eigenvalue weighted by Crippen LogP contribution is 2.23. The largest absolute Gasteiger partial charge is 0.337 e. The van der Waals surface area contributed by atoms with Gasteiger partial charge in [0.1, 0.15) is 0 Å². The first kappa shape index (κ1) is 15.1. The second kappa shape index (κ2) is 6.50. The third-order valence-corrected chi connectivity index (χ3v) is 4.11. The van der Waals surface area contributed by atoms with Crippen molar-refractivity contribution in [1.29, 1.82) is 0 Å². The SMILES string of the molecule is O=C(c1ccc(Cl)cc1Cl)N1CCN(c2ncccn2)CC1. The molecule has 1 aromatic carbocycles. The average Bonchev–Trinajstić information content (AvgIpc) is 2.55. The minimum Gasteiger partial charge on any atom is -0.337 e. The van der Waals surface area contributed by atoms with E-state index in [4.69, 9.17) is 23.2 Å². The second-order valence-electron chi connectivity index (χ2n) is 4.95. The first-order valence-electron chi connectivity index (χ1n) is 6.91. The van der Waals surface area contributed by atoms with Crippen molar-refractivity contribution in [3.05, 3.63) is 52.3 Å². The van der Waals surface area contributed by atoms with Crippen LogP contribution in [-0.2, 0) is 0 Å². The molecule has 0 radical (unpaired) electrons. The van der Waals surface area contributed by atoms with E-state index >= 15 is 0 Å². The Morgan fingerprint density at radius 3 is 2.36 bits per heavy atom. The number of hydrogen-bond acceptors (Lipinski definition) is 4. The van der Waals surface area contributed by atoms with Crippen molar-refractivity contribution in [3.63, 3.8) is 0 Å². The highest BCUT2D eigenvalue weighted by Gasteiger charge is 2.24. The van der Waals surface area contributed by atoms with E-state index in [1.165, 1.54) is 0 Å².